The van der Waals surface area contributed by atoms with Crippen molar-refractivity contribution in [2.75, 3.05) is 37.0 Å². The molecule has 19 heavy (non-hydrogen) atoms. The van der Waals surface area contributed by atoms with Crippen molar-refractivity contribution in [3.63, 3.8) is 0 Å². The van der Waals surface area contributed by atoms with Crippen LogP contribution in [0.5, 0.6) is 0 Å². The molecule has 0 aliphatic rings. The second kappa shape index (κ2) is 7.14. The zero-order chi connectivity index (χ0) is 14.3. The molecule has 4 heteroatoms. The molecule has 0 aliphatic carbocycles. The lowest BCUT2D eigenvalue weighted by atomic mass is 10.1. The maximum atomic E-state index is 5.13. The average Bonchev–Trinajstić information content (AvgIpc) is 2.32. The van der Waals surface area contributed by atoms with Crippen LogP contribution in [0.1, 0.15) is 20.8 Å². The largest absolute Gasteiger partial charge is 0.383 e. The molecule has 106 valence electrons. The van der Waals surface area contributed by atoms with E-state index >= 15 is 0 Å². The van der Waals surface area contributed by atoms with Crippen LogP contribution in [-0.4, -0.2) is 37.3 Å². The zero-order valence-corrected chi connectivity index (χ0v) is 12.4. The lowest BCUT2D eigenvalue weighted by molar-refractivity contribution is 0.205. The summed E-state index contributed by atoms with van der Waals surface area (Å²) in [5, 5.41) is 3.38. The fourth-order valence-corrected chi connectivity index (χ4v) is 1.71. The third-order valence-corrected chi connectivity index (χ3v) is 2.48. The third kappa shape index (κ3) is 5.75. The summed E-state index contributed by atoms with van der Waals surface area (Å²) in [4.78, 5) is 6.78. The van der Waals surface area contributed by atoms with Crippen LogP contribution in [-0.2, 0) is 4.74 Å². The Hall–Kier alpha value is -1.55. The van der Waals surface area contributed by atoms with Crippen LogP contribution < -0.4 is 10.2 Å². The molecule has 0 bridgehead atoms. The van der Waals surface area contributed by atoms with Gasteiger partial charge in [-0.1, -0.05) is 12.1 Å². The fraction of sp³-hybridized carbons (Fsp3) is 0.533. The van der Waals surface area contributed by atoms with Gasteiger partial charge in [-0.05, 0) is 32.9 Å². The van der Waals surface area contributed by atoms with Crippen molar-refractivity contribution in [3.05, 3.63) is 30.9 Å². The first kappa shape index (κ1) is 15.5. The van der Waals surface area contributed by atoms with E-state index in [4.69, 9.17) is 4.74 Å². The van der Waals surface area contributed by atoms with Crippen LogP contribution >= 0.6 is 0 Å². The lowest BCUT2D eigenvalue weighted by Gasteiger charge is -2.25. The number of nitrogens with one attached hydrogen (secondary N) is 1. The van der Waals surface area contributed by atoms with Gasteiger partial charge < -0.3 is 15.0 Å². The molecule has 0 amide bonds. The second-order valence-electron chi connectivity index (χ2n) is 5.48. The molecule has 0 aliphatic heterocycles. The van der Waals surface area contributed by atoms with Crippen LogP contribution in [0.15, 0.2) is 30.9 Å². The van der Waals surface area contributed by atoms with Gasteiger partial charge >= 0.3 is 0 Å². The molecular formula is C15H25N3O. The molecule has 0 aromatic carbocycles. The molecule has 0 radical (unpaired) electrons. The Morgan fingerprint density at radius 3 is 2.74 bits per heavy atom. The van der Waals surface area contributed by atoms with E-state index in [0.29, 0.717) is 6.61 Å². The van der Waals surface area contributed by atoms with Crippen molar-refractivity contribution in [2.24, 2.45) is 0 Å². The maximum absolute atomic E-state index is 5.13. The number of nitrogens with zero attached hydrogens (tertiary/aromatic N) is 2. The minimum absolute atomic E-state index is 0.00141. The molecule has 0 saturated carbocycles. The van der Waals surface area contributed by atoms with E-state index in [-0.39, 0.29) is 5.54 Å². The topological polar surface area (TPSA) is 37.4 Å². The molecule has 0 fully saturated rings. The summed E-state index contributed by atoms with van der Waals surface area (Å²) in [6, 6.07) is 6.00. The summed E-state index contributed by atoms with van der Waals surface area (Å²) in [5.41, 5.74) is 0.00141. The van der Waals surface area contributed by atoms with Gasteiger partial charge in [0.1, 0.15) is 11.6 Å². The highest BCUT2D eigenvalue weighted by Crippen LogP contribution is 2.17. The number of pyridine rings is 1. The van der Waals surface area contributed by atoms with Gasteiger partial charge in [0.2, 0.25) is 0 Å². The van der Waals surface area contributed by atoms with Crippen molar-refractivity contribution in [3.8, 4) is 0 Å². The van der Waals surface area contributed by atoms with Crippen molar-refractivity contribution in [2.45, 2.75) is 26.3 Å². The van der Waals surface area contributed by atoms with Crippen LogP contribution in [0.3, 0.4) is 0 Å². The molecular weight excluding hydrogens is 238 g/mol. The molecule has 0 atom stereocenters. The van der Waals surface area contributed by atoms with E-state index in [2.05, 4.69) is 42.6 Å². The number of aromatic nitrogens is 1. The van der Waals surface area contributed by atoms with Crippen LogP contribution in [0.2, 0.25) is 0 Å². The minimum atomic E-state index is 0.00141. The minimum Gasteiger partial charge on any atom is -0.383 e. The molecule has 1 heterocycles. The molecule has 1 aromatic heterocycles. The summed E-state index contributed by atoms with van der Waals surface area (Å²) < 4.78 is 5.13. The predicted molar refractivity (Wildman–Crippen MR) is 81.9 cm³/mol. The van der Waals surface area contributed by atoms with E-state index < -0.39 is 0 Å². The van der Waals surface area contributed by atoms with Crippen LogP contribution in [0.4, 0.5) is 11.6 Å². The van der Waals surface area contributed by atoms with E-state index in [1.54, 1.807) is 7.11 Å². The monoisotopic (exact) mass is 263 g/mol. The Bertz CT molecular complexity index is 399. The predicted octanol–water partition coefficient (Wildman–Crippen LogP) is 2.93. The zero-order valence-electron chi connectivity index (χ0n) is 12.4. The van der Waals surface area contributed by atoms with Crippen LogP contribution in [0.25, 0.3) is 0 Å². The van der Waals surface area contributed by atoms with Gasteiger partial charge in [-0.3, -0.25) is 0 Å². The Morgan fingerprint density at radius 2 is 2.16 bits per heavy atom. The summed E-state index contributed by atoms with van der Waals surface area (Å²) >= 11 is 0. The normalized spacial score (nSPS) is 11.2. The molecule has 0 unspecified atom stereocenters. The number of rotatable bonds is 7. The third-order valence-electron chi connectivity index (χ3n) is 2.48. The summed E-state index contributed by atoms with van der Waals surface area (Å²) in [6.45, 7) is 12.4. The SMILES string of the molecule is C=CCN(CCOC)c1cccc(NC(C)(C)C)n1. The molecule has 0 spiro atoms. The molecule has 1 aromatic rings. The van der Waals surface area contributed by atoms with Gasteiger partial charge in [-0.25, -0.2) is 4.98 Å². The fourth-order valence-electron chi connectivity index (χ4n) is 1.71. The van der Waals surface area contributed by atoms with Gasteiger partial charge in [0.15, 0.2) is 0 Å². The van der Waals surface area contributed by atoms with E-state index in [0.717, 1.165) is 24.7 Å². The Kier molecular flexibility index (Phi) is 5.83. The first-order chi connectivity index (χ1) is 8.96. The molecule has 4 nitrogen and oxygen atoms in total. The maximum Gasteiger partial charge on any atom is 0.131 e. The number of anilines is 2. The van der Waals surface area contributed by atoms with Gasteiger partial charge in [0.25, 0.3) is 0 Å². The highest BCUT2D eigenvalue weighted by Gasteiger charge is 2.12. The van der Waals surface area contributed by atoms with E-state index in [1.165, 1.54) is 0 Å². The number of ether oxygens (including phenoxy) is 1. The molecule has 1 N–H and O–H groups in total. The standard InChI is InChI=1S/C15H25N3O/c1-6-10-18(11-12-19-5)14-9-7-8-13(16-14)17-15(2,3)4/h6-9H,1,10-12H2,2-5H3,(H,16,17). The van der Waals surface area contributed by atoms with E-state index in [1.807, 2.05) is 24.3 Å². The van der Waals surface area contributed by atoms with Crippen LogP contribution in [0, 0.1) is 0 Å². The quantitative estimate of drug-likeness (QED) is 0.768. The van der Waals surface area contributed by atoms with Gasteiger partial charge in [0, 0.05) is 25.7 Å². The Morgan fingerprint density at radius 1 is 1.42 bits per heavy atom. The lowest BCUT2D eigenvalue weighted by Crippen LogP contribution is -2.30. The van der Waals surface area contributed by atoms with Gasteiger partial charge in [-0.15, -0.1) is 6.58 Å². The summed E-state index contributed by atoms with van der Waals surface area (Å²) in [5.74, 6) is 1.82. The Labute approximate surface area is 116 Å². The van der Waals surface area contributed by atoms with Crippen molar-refractivity contribution >= 4 is 11.6 Å². The van der Waals surface area contributed by atoms with Crippen molar-refractivity contribution in [1.29, 1.82) is 0 Å². The van der Waals surface area contributed by atoms with E-state index in [9.17, 15) is 0 Å². The number of methoxy groups -OCH3 is 1. The Balaban J connectivity index is 2.84. The van der Waals surface area contributed by atoms with Gasteiger partial charge in [0.05, 0.1) is 6.61 Å². The first-order valence-electron chi connectivity index (χ1n) is 6.56. The second-order valence-corrected chi connectivity index (χ2v) is 5.48. The first-order valence-corrected chi connectivity index (χ1v) is 6.56. The highest BCUT2D eigenvalue weighted by molar-refractivity contribution is 5.48. The summed E-state index contributed by atoms with van der Waals surface area (Å²) in [7, 11) is 1.71. The molecule has 1 rings (SSSR count). The molecule has 0 saturated heterocycles. The number of hydrogen-bond donors (Lipinski definition) is 1. The average molecular weight is 263 g/mol. The van der Waals surface area contributed by atoms with Crippen molar-refractivity contribution < 1.29 is 4.74 Å². The smallest absolute Gasteiger partial charge is 0.131 e. The highest BCUT2D eigenvalue weighted by atomic mass is 16.5. The van der Waals surface area contributed by atoms with Gasteiger partial charge in [-0.2, -0.15) is 0 Å². The van der Waals surface area contributed by atoms with Crippen molar-refractivity contribution in [1.82, 2.24) is 4.98 Å². The summed E-state index contributed by atoms with van der Waals surface area (Å²) in [6.07, 6.45) is 1.88. The number of hydrogen-bond acceptors (Lipinski definition) is 4.